The highest BCUT2D eigenvalue weighted by atomic mass is 16.5. The number of hydrogen-bond donors (Lipinski definition) is 1. The Labute approximate surface area is 169 Å². The molecule has 5 fully saturated rings. The van der Waals surface area contributed by atoms with Crippen LogP contribution in [0.5, 0.6) is 0 Å². The summed E-state index contributed by atoms with van der Waals surface area (Å²) >= 11 is 0. The molecule has 6 rings (SSSR count). The summed E-state index contributed by atoms with van der Waals surface area (Å²) in [6, 6.07) is 11.2. The van der Waals surface area contributed by atoms with Crippen molar-refractivity contribution in [2.45, 2.75) is 50.4 Å². The third kappa shape index (κ3) is 3.61. The standard InChI is InChI=1S/C24H34N2O2/c27-22(25-6-7-26-8-10-28-11-9-26)17-23-13-19-12-20(14-23)16-24(15-19,18-23)21-4-2-1-3-5-21/h1-5,19-20H,6-18H2,(H,25,27)/t19-,20-,23?,24?/m0/s1. The number of nitrogens with zero attached hydrogens (tertiary/aromatic N) is 1. The second-order valence-corrected chi connectivity index (χ2v) is 10.1. The maximum atomic E-state index is 12.9. The predicted octanol–water partition coefficient (Wildman–Crippen LogP) is 3.36. The highest BCUT2D eigenvalue weighted by molar-refractivity contribution is 5.76. The second-order valence-electron chi connectivity index (χ2n) is 10.1. The van der Waals surface area contributed by atoms with E-state index < -0.39 is 0 Å². The molecule has 1 aromatic rings. The van der Waals surface area contributed by atoms with Crippen LogP contribution in [0.4, 0.5) is 0 Å². The van der Waals surface area contributed by atoms with Crippen molar-refractivity contribution < 1.29 is 9.53 Å². The average molecular weight is 383 g/mol. The lowest BCUT2D eigenvalue weighted by atomic mass is 9.42. The van der Waals surface area contributed by atoms with Crippen LogP contribution in [0.2, 0.25) is 0 Å². The molecule has 0 aromatic heterocycles. The van der Waals surface area contributed by atoms with E-state index in [1.165, 1.54) is 44.1 Å². The average Bonchev–Trinajstić information content (AvgIpc) is 2.68. The molecule has 1 heterocycles. The summed E-state index contributed by atoms with van der Waals surface area (Å²) in [7, 11) is 0. The molecule has 1 saturated heterocycles. The molecule has 4 bridgehead atoms. The van der Waals surface area contributed by atoms with Crippen molar-refractivity contribution in [3.63, 3.8) is 0 Å². The Morgan fingerprint density at radius 3 is 2.50 bits per heavy atom. The van der Waals surface area contributed by atoms with Crippen LogP contribution in [-0.2, 0) is 14.9 Å². The van der Waals surface area contributed by atoms with E-state index in [-0.39, 0.29) is 11.3 Å². The van der Waals surface area contributed by atoms with Gasteiger partial charge in [-0.1, -0.05) is 30.3 Å². The lowest BCUT2D eigenvalue weighted by molar-refractivity contribution is -0.131. The highest BCUT2D eigenvalue weighted by Crippen LogP contribution is 2.66. The fourth-order valence-corrected chi connectivity index (χ4v) is 7.37. The lowest BCUT2D eigenvalue weighted by Crippen LogP contribution is -2.55. The molecule has 4 saturated carbocycles. The number of carbonyl (C=O) groups excluding carboxylic acids is 1. The van der Waals surface area contributed by atoms with Crippen molar-refractivity contribution in [1.29, 1.82) is 0 Å². The van der Waals surface area contributed by atoms with Gasteiger partial charge in [-0.2, -0.15) is 0 Å². The van der Waals surface area contributed by atoms with E-state index in [1.54, 1.807) is 0 Å². The van der Waals surface area contributed by atoms with Gasteiger partial charge < -0.3 is 10.1 Å². The first-order valence-corrected chi connectivity index (χ1v) is 11.3. The van der Waals surface area contributed by atoms with E-state index >= 15 is 0 Å². The quantitative estimate of drug-likeness (QED) is 0.820. The van der Waals surface area contributed by atoms with Crippen LogP contribution in [0.25, 0.3) is 0 Å². The number of rotatable bonds is 6. The van der Waals surface area contributed by atoms with Crippen LogP contribution >= 0.6 is 0 Å². The Kier molecular flexibility index (Phi) is 4.96. The number of morpholine rings is 1. The first kappa shape index (κ1) is 18.6. The van der Waals surface area contributed by atoms with Gasteiger partial charge >= 0.3 is 0 Å². The number of benzene rings is 1. The minimum Gasteiger partial charge on any atom is -0.379 e. The van der Waals surface area contributed by atoms with Gasteiger partial charge in [-0.05, 0) is 66.8 Å². The van der Waals surface area contributed by atoms with E-state index in [0.29, 0.717) is 5.41 Å². The smallest absolute Gasteiger partial charge is 0.220 e. The predicted molar refractivity (Wildman–Crippen MR) is 110 cm³/mol. The molecule has 4 nitrogen and oxygen atoms in total. The van der Waals surface area contributed by atoms with Gasteiger partial charge in [0.1, 0.15) is 0 Å². The van der Waals surface area contributed by atoms with Gasteiger partial charge in [0.15, 0.2) is 0 Å². The molecule has 1 amide bonds. The van der Waals surface area contributed by atoms with Crippen molar-refractivity contribution >= 4 is 5.91 Å². The van der Waals surface area contributed by atoms with Gasteiger partial charge in [0, 0.05) is 32.6 Å². The third-order valence-electron chi connectivity index (χ3n) is 7.96. The fraction of sp³-hybridized carbons (Fsp3) is 0.708. The van der Waals surface area contributed by atoms with Crippen LogP contribution < -0.4 is 5.32 Å². The van der Waals surface area contributed by atoms with Gasteiger partial charge in [0.05, 0.1) is 13.2 Å². The number of ether oxygens (including phenoxy) is 1. The largest absolute Gasteiger partial charge is 0.379 e. The van der Waals surface area contributed by atoms with Crippen LogP contribution in [0, 0.1) is 17.3 Å². The molecular weight excluding hydrogens is 348 g/mol. The maximum absolute atomic E-state index is 12.9. The molecule has 4 heteroatoms. The summed E-state index contributed by atoms with van der Waals surface area (Å²) in [6.45, 7) is 5.33. The van der Waals surface area contributed by atoms with Gasteiger partial charge in [-0.15, -0.1) is 0 Å². The molecule has 152 valence electrons. The third-order valence-corrected chi connectivity index (χ3v) is 7.96. The van der Waals surface area contributed by atoms with Gasteiger partial charge in [0.2, 0.25) is 5.91 Å². The summed E-state index contributed by atoms with van der Waals surface area (Å²) in [5, 5.41) is 3.24. The van der Waals surface area contributed by atoms with E-state index in [0.717, 1.165) is 57.6 Å². The minimum atomic E-state index is 0.239. The normalized spacial score (nSPS) is 37.1. The number of amides is 1. The zero-order chi connectivity index (χ0) is 19.0. The number of hydrogen-bond acceptors (Lipinski definition) is 3. The van der Waals surface area contributed by atoms with Gasteiger partial charge in [-0.3, -0.25) is 9.69 Å². The molecule has 28 heavy (non-hydrogen) atoms. The van der Waals surface area contributed by atoms with Crippen LogP contribution in [0.1, 0.15) is 50.5 Å². The van der Waals surface area contributed by atoms with Crippen LogP contribution in [0.3, 0.4) is 0 Å². The SMILES string of the molecule is O=C(CC12C[C@@H]3C[C@@H](C1)CC(c1ccccc1)(C3)C2)NCCN1CCOCC1. The van der Waals surface area contributed by atoms with E-state index in [4.69, 9.17) is 4.74 Å². The first-order chi connectivity index (χ1) is 13.6. The Hall–Kier alpha value is -1.39. The molecule has 1 aliphatic heterocycles. The Bertz CT molecular complexity index is 684. The van der Waals surface area contributed by atoms with E-state index in [9.17, 15) is 4.79 Å². The fourth-order valence-electron chi connectivity index (χ4n) is 7.37. The summed E-state index contributed by atoms with van der Waals surface area (Å²) in [5.41, 5.74) is 2.10. The molecule has 2 atom stereocenters. The molecular formula is C24H34N2O2. The summed E-state index contributed by atoms with van der Waals surface area (Å²) < 4.78 is 5.40. The Morgan fingerprint density at radius 2 is 1.79 bits per heavy atom. The van der Waals surface area contributed by atoms with Crippen molar-refractivity contribution in [3.05, 3.63) is 35.9 Å². The summed E-state index contributed by atoms with van der Waals surface area (Å²) in [6.07, 6.45) is 8.58. The Balaban J connectivity index is 1.23. The van der Waals surface area contributed by atoms with E-state index in [1.807, 2.05) is 0 Å². The first-order valence-electron chi connectivity index (χ1n) is 11.3. The Morgan fingerprint density at radius 1 is 1.07 bits per heavy atom. The molecule has 1 N–H and O–H groups in total. The number of nitrogens with one attached hydrogen (secondary N) is 1. The maximum Gasteiger partial charge on any atom is 0.220 e. The van der Waals surface area contributed by atoms with Gasteiger partial charge in [0.25, 0.3) is 0 Å². The molecule has 0 spiro atoms. The molecule has 0 radical (unpaired) electrons. The monoisotopic (exact) mass is 382 g/mol. The zero-order valence-corrected chi connectivity index (χ0v) is 17.0. The highest BCUT2D eigenvalue weighted by Gasteiger charge is 2.58. The summed E-state index contributed by atoms with van der Waals surface area (Å²) in [5.74, 6) is 1.92. The van der Waals surface area contributed by atoms with Crippen molar-refractivity contribution in [2.75, 3.05) is 39.4 Å². The minimum absolute atomic E-state index is 0.239. The van der Waals surface area contributed by atoms with Crippen LogP contribution in [-0.4, -0.2) is 50.2 Å². The molecule has 4 aliphatic carbocycles. The van der Waals surface area contributed by atoms with E-state index in [2.05, 4.69) is 40.5 Å². The van der Waals surface area contributed by atoms with Gasteiger partial charge in [-0.25, -0.2) is 0 Å². The van der Waals surface area contributed by atoms with Crippen LogP contribution in [0.15, 0.2) is 30.3 Å². The topological polar surface area (TPSA) is 41.6 Å². The van der Waals surface area contributed by atoms with Crippen molar-refractivity contribution in [3.8, 4) is 0 Å². The molecule has 0 unspecified atom stereocenters. The number of carbonyl (C=O) groups is 1. The molecule has 5 aliphatic rings. The van der Waals surface area contributed by atoms with Crippen molar-refractivity contribution in [1.82, 2.24) is 10.2 Å². The summed E-state index contributed by atoms with van der Waals surface area (Å²) in [4.78, 5) is 15.2. The molecule has 1 aromatic carbocycles. The zero-order valence-electron chi connectivity index (χ0n) is 17.0. The second kappa shape index (κ2) is 7.46. The van der Waals surface area contributed by atoms with Crippen molar-refractivity contribution in [2.24, 2.45) is 17.3 Å². The lowest BCUT2D eigenvalue weighted by Gasteiger charge is -2.62.